The third-order valence-corrected chi connectivity index (χ3v) is 3.80. The van der Waals surface area contributed by atoms with Gasteiger partial charge >= 0.3 is 0 Å². The third-order valence-electron chi connectivity index (χ3n) is 3.80. The Hall–Kier alpha value is -1.36. The molecule has 0 radical (unpaired) electrons. The van der Waals surface area contributed by atoms with Gasteiger partial charge in [0, 0.05) is 39.0 Å². The highest BCUT2D eigenvalue weighted by Gasteiger charge is 2.12. The summed E-state index contributed by atoms with van der Waals surface area (Å²) in [6.07, 6.45) is 6.65. The first-order chi connectivity index (χ1) is 10.7. The van der Waals surface area contributed by atoms with Gasteiger partial charge in [0.2, 0.25) is 11.8 Å². The Morgan fingerprint density at radius 1 is 1.23 bits per heavy atom. The largest absolute Gasteiger partial charge is 0.352 e. The van der Waals surface area contributed by atoms with Crippen LogP contribution in [-0.4, -0.2) is 49.4 Å². The van der Waals surface area contributed by atoms with Gasteiger partial charge in [-0.15, -0.1) is 0 Å². The highest BCUT2D eigenvalue weighted by atomic mass is 16.2. The summed E-state index contributed by atoms with van der Waals surface area (Å²) in [5.41, 5.74) is 1.29. The van der Waals surface area contributed by atoms with E-state index in [2.05, 4.69) is 30.6 Å². The van der Waals surface area contributed by atoms with E-state index in [-0.39, 0.29) is 11.8 Å². The second-order valence-electron chi connectivity index (χ2n) is 5.83. The molecule has 5 nitrogen and oxygen atoms in total. The lowest BCUT2D eigenvalue weighted by molar-refractivity contribution is -0.131. The number of carbonyl (C=O) groups excluding carboxylic acids is 2. The molecule has 0 spiro atoms. The van der Waals surface area contributed by atoms with E-state index in [4.69, 9.17) is 0 Å². The molecule has 0 atom stereocenters. The molecule has 1 heterocycles. The van der Waals surface area contributed by atoms with E-state index in [1.807, 2.05) is 4.90 Å². The molecular weight excluding hydrogens is 278 g/mol. The number of hydrogen-bond donors (Lipinski definition) is 2. The Labute approximate surface area is 134 Å². The summed E-state index contributed by atoms with van der Waals surface area (Å²) in [5.74, 6) is 0.224. The molecule has 126 valence electrons. The maximum absolute atomic E-state index is 12.1. The molecule has 0 bridgehead atoms. The molecule has 0 aromatic heterocycles. The highest BCUT2D eigenvalue weighted by Crippen LogP contribution is 2.05. The van der Waals surface area contributed by atoms with Crippen molar-refractivity contribution in [1.82, 2.24) is 15.5 Å². The lowest BCUT2D eigenvalue weighted by atomic mass is 10.1. The fourth-order valence-corrected chi connectivity index (χ4v) is 2.59. The van der Waals surface area contributed by atoms with Gasteiger partial charge in [-0.25, -0.2) is 0 Å². The van der Waals surface area contributed by atoms with Crippen LogP contribution >= 0.6 is 0 Å². The lowest BCUT2D eigenvalue weighted by Crippen LogP contribution is -2.33. The van der Waals surface area contributed by atoms with E-state index >= 15 is 0 Å². The van der Waals surface area contributed by atoms with E-state index in [1.165, 1.54) is 5.57 Å². The summed E-state index contributed by atoms with van der Waals surface area (Å²) >= 11 is 0. The number of hydrogen-bond acceptors (Lipinski definition) is 3. The van der Waals surface area contributed by atoms with Crippen molar-refractivity contribution in [3.8, 4) is 0 Å². The minimum absolute atomic E-state index is 0.0461. The van der Waals surface area contributed by atoms with Gasteiger partial charge < -0.3 is 15.5 Å². The van der Waals surface area contributed by atoms with Crippen LogP contribution < -0.4 is 10.6 Å². The molecule has 0 aromatic rings. The zero-order valence-corrected chi connectivity index (χ0v) is 14.1. The van der Waals surface area contributed by atoms with Crippen molar-refractivity contribution >= 4 is 11.8 Å². The summed E-state index contributed by atoms with van der Waals surface area (Å²) in [6, 6.07) is 0. The average molecular weight is 309 g/mol. The molecule has 22 heavy (non-hydrogen) atoms. The first-order valence-corrected chi connectivity index (χ1v) is 8.60. The van der Waals surface area contributed by atoms with Crippen LogP contribution in [0.25, 0.3) is 0 Å². The van der Waals surface area contributed by atoms with Crippen molar-refractivity contribution in [3.63, 3.8) is 0 Å². The maximum Gasteiger partial charge on any atom is 0.222 e. The average Bonchev–Trinajstić information content (AvgIpc) is 2.53. The number of nitrogens with zero attached hydrogens (tertiary/aromatic N) is 1. The van der Waals surface area contributed by atoms with Crippen molar-refractivity contribution in [2.24, 2.45) is 0 Å². The monoisotopic (exact) mass is 309 g/mol. The van der Waals surface area contributed by atoms with Gasteiger partial charge in [-0.2, -0.15) is 0 Å². The van der Waals surface area contributed by atoms with Gasteiger partial charge in [0.25, 0.3) is 0 Å². The summed E-state index contributed by atoms with van der Waals surface area (Å²) in [4.78, 5) is 25.8. The van der Waals surface area contributed by atoms with Gasteiger partial charge in [-0.05, 0) is 32.2 Å². The van der Waals surface area contributed by atoms with Crippen molar-refractivity contribution in [1.29, 1.82) is 0 Å². The normalized spacial score (nSPS) is 14.4. The Bertz CT molecular complexity index is 374. The van der Waals surface area contributed by atoms with Crippen LogP contribution in [0, 0.1) is 0 Å². The second-order valence-corrected chi connectivity index (χ2v) is 5.83. The third kappa shape index (κ3) is 7.59. The standard InChI is InChI=1S/C17H31N3O2/c1-3-12-20(13-4-2)17(22)7-5-6-16(21)19-14-15-8-10-18-11-9-15/h8,18H,3-7,9-14H2,1-2H3,(H,19,21). The molecule has 1 aliphatic heterocycles. The minimum atomic E-state index is 0.0461. The van der Waals surface area contributed by atoms with Gasteiger partial charge in [0.15, 0.2) is 0 Å². The van der Waals surface area contributed by atoms with E-state index < -0.39 is 0 Å². The second kappa shape index (κ2) is 11.2. The first-order valence-electron chi connectivity index (χ1n) is 8.60. The highest BCUT2D eigenvalue weighted by molar-refractivity contribution is 5.79. The van der Waals surface area contributed by atoms with Crippen LogP contribution in [0.2, 0.25) is 0 Å². The van der Waals surface area contributed by atoms with Crippen LogP contribution in [0.4, 0.5) is 0 Å². The molecule has 2 amide bonds. The Balaban J connectivity index is 2.17. The molecule has 0 fully saturated rings. The van der Waals surface area contributed by atoms with Crippen LogP contribution in [0.5, 0.6) is 0 Å². The summed E-state index contributed by atoms with van der Waals surface area (Å²) in [5, 5.41) is 6.19. The van der Waals surface area contributed by atoms with E-state index in [9.17, 15) is 9.59 Å². The van der Waals surface area contributed by atoms with E-state index in [1.54, 1.807) is 0 Å². The molecule has 0 unspecified atom stereocenters. The fourth-order valence-electron chi connectivity index (χ4n) is 2.59. The number of rotatable bonds is 10. The molecule has 2 N–H and O–H groups in total. The zero-order chi connectivity index (χ0) is 16.2. The molecule has 0 saturated carbocycles. The molecule has 0 aliphatic carbocycles. The van der Waals surface area contributed by atoms with Gasteiger partial charge in [-0.1, -0.05) is 25.5 Å². The van der Waals surface area contributed by atoms with Gasteiger partial charge in [-0.3, -0.25) is 9.59 Å². The van der Waals surface area contributed by atoms with Gasteiger partial charge in [0.1, 0.15) is 0 Å². The smallest absolute Gasteiger partial charge is 0.222 e. The maximum atomic E-state index is 12.1. The molecule has 0 aromatic carbocycles. The number of nitrogens with one attached hydrogen (secondary N) is 2. The minimum Gasteiger partial charge on any atom is -0.352 e. The molecule has 5 heteroatoms. The SMILES string of the molecule is CCCN(CCC)C(=O)CCCC(=O)NCC1=CCNCC1. The van der Waals surface area contributed by atoms with Crippen molar-refractivity contribution < 1.29 is 9.59 Å². The van der Waals surface area contributed by atoms with Gasteiger partial charge in [0.05, 0.1) is 0 Å². The summed E-state index contributed by atoms with van der Waals surface area (Å²) in [7, 11) is 0. The Morgan fingerprint density at radius 2 is 1.95 bits per heavy atom. The fraction of sp³-hybridized carbons (Fsp3) is 0.765. The molecule has 1 aliphatic rings. The van der Waals surface area contributed by atoms with Crippen LogP contribution in [0.1, 0.15) is 52.4 Å². The Morgan fingerprint density at radius 3 is 2.55 bits per heavy atom. The van der Waals surface area contributed by atoms with Crippen molar-refractivity contribution in [2.45, 2.75) is 52.4 Å². The molecular formula is C17H31N3O2. The number of carbonyl (C=O) groups is 2. The van der Waals surface area contributed by atoms with Crippen LogP contribution in [0.15, 0.2) is 11.6 Å². The quantitative estimate of drug-likeness (QED) is 0.605. The molecule has 0 saturated heterocycles. The lowest BCUT2D eigenvalue weighted by Gasteiger charge is -2.21. The predicted molar refractivity (Wildman–Crippen MR) is 89.6 cm³/mol. The van der Waals surface area contributed by atoms with Crippen molar-refractivity contribution in [3.05, 3.63) is 11.6 Å². The van der Waals surface area contributed by atoms with E-state index in [0.29, 0.717) is 25.8 Å². The zero-order valence-electron chi connectivity index (χ0n) is 14.1. The molecule has 1 rings (SSSR count). The first kappa shape index (κ1) is 18.7. The van der Waals surface area contributed by atoms with E-state index in [0.717, 1.165) is 45.4 Å². The predicted octanol–water partition coefficient (Wildman–Crippen LogP) is 1.84. The van der Waals surface area contributed by atoms with Crippen LogP contribution in [0.3, 0.4) is 0 Å². The summed E-state index contributed by atoms with van der Waals surface area (Å²) < 4.78 is 0. The van der Waals surface area contributed by atoms with Crippen molar-refractivity contribution in [2.75, 3.05) is 32.7 Å². The topological polar surface area (TPSA) is 61.4 Å². The number of amides is 2. The Kier molecular flexibility index (Phi) is 9.55. The van der Waals surface area contributed by atoms with Crippen LogP contribution in [-0.2, 0) is 9.59 Å². The summed E-state index contributed by atoms with van der Waals surface area (Å²) in [6.45, 7) is 8.33.